The third-order valence-corrected chi connectivity index (χ3v) is 6.62. The molecule has 0 saturated carbocycles. The molecule has 0 unspecified atom stereocenters. The summed E-state index contributed by atoms with van der Waals surface area (Å²) in [5.74, 6) is -0.857. The van der Waals surface area contributed by atoms with E-state index in [4.69, 9.17) is 4.84 Å². The Balaban J connectivity index is 1.48. The van der Waals surface area contributed by atoms with Crippen molar-refractivity contribution in [1.29, 1.82) is 0 Å². The molecule has 3 rings (SSSR count). The molecule has 1 amide bonds. The van der Waals surface area contributed by atoms with Gasteiger partial charge in [-0.25, -0.2) is 12.8 Å². The molecule has 2 aromatic carbocycles. The number of benzene rings is 2. The number of nitrogens with zero attached hydrogens (tertiary/aromatic N) is 1. The molecule has 0 spiro atoms. The molecule has 0 saturated heterocycles. The number of alkyl halides is 3. The zero-order valence-corrected chi connectivity index (χ0v) is 18.0. The maximum atomic E-state index is 13.1. The average Bonchev–Trinajstić information content (AvgIpc) is 2.78. The lowest BCUT2D eigenvalue weighted by molar-refractivity contribution is -0.137. The second-order valence-corrected chi connectivity index (χ2v) is 9.10. The van der Waals surface area contributed by atoms with Crippen molar-refractivity contribution in [2.24, 2.45) is 0 Å². The van der Waals surface area contributed by atoms with Gasteiger partial charge in [0.05, 0.1) is 10.5 Å². The van der Waals surface area contributed by atoms with Crippen LogP contribution in [-0.2, 0) is 32.4 Å². The first-order valence-electron chi connectivity index (χ1n) is 9.81. The number of hydrogen-bond donors (Lipinski definition) is 2. The summed E-state index contributed by atoms with van der Waals surface area (Å²) in [5, 5.41) is 2.57. The molecule has 0 atom stereocenters. The van der Waals surface area contributed by atoms with Crippen molar-refractivity contribution >= 4 is 15.9 Å². The molecule has 2 aromatic rings. The fourth-order valence-corrected chi connectivity index (χ4v) is 4.46. The standard InChI is InChI=1S/C21H21F4N3O4S/c22-17-5-1-3-15(11-17)13-26-20(29)14-32-27-18-7-9-28(10-8-18)33(30,31)19-6-2-4-16(12-19)21(23,24)25/h1-7,11-12,27H,8-10,13-14H2,(H,26,29). The van der Waals surface area contributed by atoms with E-state index in [1.165, 1.54) is 24.3 Å². The Labute approximate surface area is 188 Å². The van der Waals surface area contributed by atoms with E-state index in [9.17, 15) is 30.8 Å². The molecule has 2 N–H and O–H groups in total. The first-order chi connectivity index (χ1) is 15.6. The molecular formula is C21H21F4N3O4S. The summed E-state index contributed by atoms with van der Waals surface area (Å²) in [4.78, 5) is 16.5. The van der Waals surface area contributed by atoms with Gasteiger partial charge in [0.25, 0.3) is 0 Å². The smallest absolute Gasteiger partial charge is 0.350 e. The SMILES string of the molecule is O=C(CONC1=CCN(S(=O)(=O)c2cccc(C(F)(F)F)c2)CC1)NCc1cccc(F)c1. The molecule has 0 aliphatic carbocycles. The summed E-state index contributed by atoms with van der Waals surface area (Å²) in [6.45, 7) is -0.257. The van der Waals surface area contributed by atoms with Crippen molar-refractivity contribution in [3.63, 3.8) is 0 Å². The van der Waals surface area contributed by atoms with Crippen molar-refractivity contribution in [2.75, 3.05) is 19.7 Å². The van der Waals surface area contributed by atoms with Gasteiger partial charge >= 0.3 is 6.18 Å². The Bertz CT molecular complexity index is 1140. The highest BCUT2D eigenvalue weighted by molar-refractivity contribution is 7.89. The Morgan fingerprint density at radius 3 is 2.55 bits per heavy atom. The van der Waals surface area contributed by atoms with Gasteiger partial charge in [0.2, 0.25) is 15.9 Å². The van der Waals surface area contributed by atoms with Crippen LogP contribution in [0, 0.1) is 5.82 Å². The zero-order valence-electron chi connectivity index (χ0n) is 17.2. The second kappa shape index (κ2) is 10.3. The number of amides is 1. The highest BCUT2D eigenvalue weighted by atomic mass is 32.2. The number of hydroxylamine groups is 1. The van der Waals surface area contributed by atoms with Gasteiger partial charge in [-0.1, -0.05) is 18.2 Å². The number of rotatable bonds is 8. The Morgan fingerprint density at radius 1 is 1.12 bits per heavy atom. The van der Waals surface area contributed by atoms with Crippen LogP contribution in [0.15, 0.2) is 65.2 Å². The van der Waals surface area contributed by atoms with E-state index < -0.39 is 38.4 Å². The number of carbonyl (C=O) groups excluding carboxylic acids is 1. The summed E-state index contributed by atoms with van der Waals surface area (Å²) in [6.07, 6.45) is -2.92. The van der Waals surface area contributed by atoms with Crippen molar-refractivity contribution in [3.05, 3.63) is 77.2 Å². The molecule has 0 fully saturated rings. The number of carbonyl (C=O) groups is 1. The Morgan fingerprint density at radius 2 is 1.88 bits per heavy atom. The van der Waals surface area contributed by atoms with E-state index in [-0.39, 0.29) is 32.7 Å². The van der Waals surface area contributed by atoms with Crippen LogP contribution in [0.3, 0.4) is 0 Å². The van der Waals surface area contributed by atoms with E-state index in [1.54, 1.807) is 6.07 Å². The summed E-state index contributed by atoms with van der Waals surface area (Å²) in [7, 11) is -4.11. The molecular weight excluding hydrogens is 466 g/mol. The Kier molecular flexibility index (Phi) is 7.72. The molecule has 33 heavy (non-hydrogen) atoms. The molecule has 0 bridgehead atoms. The van der Waals surface area contributed by atoms with Crippen LogP contribution in [0.1, 0.15) is 17.5 Å². The minimum atomic E-state index is -4.65. The van der Waals surface area contributed by atoms with Gasteiger partial charge in [0, 0.05) is 31.8 Å². The maximum absolute atomic E-state index is 13.1. The van der Waals surface area contributed by atoms with Crippen molar-refractivity contribution in [3.8, 4) is 0 Å². The molecule has 0 radical (unpaired) electrons. The highest BCUT2D eigenvalue weighted by Gasteiger charge is 2.33. The zero-order chi connectivity index (χ0) is 24.1. The lowest BCUT2D eigenvalue weighted by Crippen LogP contribution is -2.37. The van der Waals surface area contributed by atoms with Crippen LogP contribution in [-0.4, -0.2) is 38.3 Å². The topological polar surface area (TPSA) is 87.7 Å². The minimum Gasteiger partial charge on any atom is -0.350 e. The monoisotopic (exact) mass is 487 g/mol. The number of hydrogen-bond acceptors (Lipinski definition) is 5. The highest BCUT2D eigenvalue weighted by Crippen LogP contribution is 2.31. The third kappa shape index (κ3) is 6.76. The molecule has 7 nitrogen and oxygen atoms in total. The van der Waals surface area contributed by atoms with Crippen molar-refractivity contribution in [2.45, 2.75) is 24.0 Å². The van der Waals surface area contributed by atoms with Gasteiger partial charge in [0.1, 0.15) is 5.82 Å². The van der Waals surface area contributed by atoms with Crippen LogP contribution >= 0.6 is 0 Å². The van der Waals surface area contributed by atoms with Crippen molar-refractivity contribution in [1.82, 2.24) is 15.1 Å². The largest absolute Gasteiger partial charge is 0.416 e. The lowest BCUT2D eigenvalue weighted by atomic mass is 10.2. The molecule has 12 heteroatoms. The fourth-order valence-electron chi connectivity index (χ4n) is 3.04. The molecule has 178 valence electrons. The Hall–Kier alpha value is -2.96. The van der Waals surface area contributed by atoms with Crippen LogP contribution in [0.25, 0.3) is 0 Å². The van der Waals surface area contributed by atoms with E-state index in [2.05, 4.69) is 10.8 Å². The van der Waals surface area contributed by atoms with Gasteiger partial charge in [-0.3, -0.25) is 15.1 Å². The van der Waals surface area contributed by atoms with E-state index in [1.807, 2.05) is 0 Å². The summed E-state index contributed by atoms with van der Waals surface area (Å²) < 4.78 is 78.2. The molecule has 0 aromatic heterocycles. The minimum absolute atomic E-state index is 0.0204. The average molecular weight is 487 g/mol. The van der Waals surface area contributed by atoms with E-state index >= 15 is 0 Å². The number of halogens is 4. The first-order valence-corrected chi connectivity index (χ1v) is 11.2. The molecule has 1 aliphatic heterocycles. The van der Waals surface area contributed by atoms with Crippen LogP contribution in [0.4, 0.5) is 17.6 Å². The van der Waals surface area contributed by atoms with E-state index in [0.717, 1.165) is 22.5 Å². The second-order valence-electron chi connectivity index (χ2n) is 7.17. The number of sulfonamides is 1. The third-order valence-electron chi connectivity index (χ3n) is 4.76. The lowest BCUT2D eigenvalue weighted by Gasteiger charge is -2.26. The fraction of sp³-hybridized carbons (Fsp3) is 0.286. The molecule has 1 aliphatic rings. The summed E-state index contributed by atoms with van der Waals surface area (Å²) >= 11 is 0. The summed E-state index contributed by atoms with van der Waals surface area (Å²) in [5.41, 5.74) is 2.65. The van der Waals surface area contributed by atoms with Crippen molar-refractivity contribution < 1.29 is 35.6 Å². The van der Waals surface area contributed by atoms with Gasteiger partial charge in [-0.2, -0.15) is 17.5 Å². The van der Waals surface area contributed by atoms with Crippen LogP contribution < -0.4 is 10.8 Å². The first kappa shape index (κ1) is 24.7. The summed E-state index contributed by atoms with van der Waals surface area (Å²) in [6, 6.07) is 9.37. The predicted octanol–water partition coefficient (Wildman–Crippen LogP) is 2.96. The van der Waals surface area contributed by atoms with Gasteiger partial charge in [-0.15, -0.1) is 0 Å². The van der Waals surface area contributed by atoms with Crippen LogP contribution in [0.5, 0.6) is 0 Å². The van der Waals surface area contributed by atoms with E-state index in [0.29, 0.717) is 17.3 Å². The maximum Gasteiger partial charge on any atom is 0.416 e. The quantitative estimate of drug-likeness (QED) is 0.442. The van der Waals surface area contributed by atoms with Gasteiger partial charge in [-0.05, 0) is 42.0 Å². The van der Waals surface area contributed by atoms with Gasteiger partial charge in [0.15, 0.2) is 6.61 Å². The molecule has 1 heterocycles. The number of nitrogens with one attached hydrogen (secondary N) is 2. The van der Waals surface area contributed by atoms with Crippen LogP contribution in [0.2, 0.25) is 0 Å². The predicted molar refractivity (Wildman–Crippen MR) is 110 cm³/mol. The van der Waals surface area contributed by atoms with Gasteiger partial charge < -0.3 is 5.32 Å². The normalized spacial score (nSPS) is 15.1.